The second-order valence-corrected chi connectivity index (χ2v) is 1.76. The fourth-order valence-corrected chi connectivity index (χ4v) is 0.433. The van der Waals surface area contributed by atoms with Gasteiger partial charge in [-0.2, -0.15) is 0 Å². The molecule has 0 bridgehead atoms. The van der Waals surface area contributed by atoms with Gasteiger partial charge >= 0.3 is 0 Å². The van der Waals surface area contributed by atoms with E-state index >= 15 is 0 Å². The third-order valence-corrected chi connectivity index (χ3v) is 0.863. The van der Waals surface area contributed by atoms with Gasteiger partial charge in [0.1, 0.15) is 0 Å². The largest absolute Gasteiger partial charge is 0.396 e. The zero-order chi connectivity index (χ0) is 7.11. The number of hydrogen-bond donors (Lipinski definition) is 2. The number of unbranched alkanes of at least 4 members (excludes halogenated alkanes) is 1. The van der Waals surface area contributed by atoms with Crippen LogP contribution in [0.3, 0.4) is 0 Å². The van der Waals surface area contributed by atoms with E-state index in [2.05, 4.69) is 11.7 Å². The van der Waals surface area contributed by atoms with E-state index in [0.29, 0.717) is 13.0 Å². The molecule has 0 aliphatic carbocycles. The summed E-state index contributed by atoms with van der Waals surface area (Å²) in [5, 5.41) is 16.8. The smallest absolute Gasteiger partial charge is 0.154 e. The van der Waals surface area contributed by atoms with Crippen molar-refractivity contribution in [1.29, 1.82) is 0 Å². The second-order valence-electron chi connectivity index (χ2n) is 1.76. The van der Waals surface area contributed by atoms with Crippen LogP contribution in [0.1, 0.15) is 12.8 Å². The third-order valence-electron chi connectivity index (χ3n) is 0.863. The molecule has 1 unspecified atom stereocenters. The van der Waals surface area contributed by atoms with E-state index < -0.39 is 6.29 Å². The standard InChI is InChI=1S/C6H13O3/c1-6(8)9-5-3-2-4-7/h6-8H,1-5H2. The molecule has 3 heteroatoms. The van der Waals surface area contributed by atoms with Crippen LogP contribution in [0.25, 0.3) is 0 Å². The van der Waals surface area contributed by atoms with Gasteiger partial charge in [-0.3, -0.25) is 0 Å². The fourth-order valence-electron chi connectivity index (χ4n) is 0.433. The van der Waals surface area contributed by atoms with E-state index in [1.54, 1.807) is 0 Å². The minimum absolute atomic E-state index is 0.177. The summed E-state index contributed by atoms with van der Waals surface area (Å²) in [6, 6.07) is 0. The predicted molar refractivity (Wildman–Crippen MR) is 33.6 cm³/mol. The maximum absolute atomic E-state index is 8.46. The van der Waals surface area contributed by atoms with Crippen molar-refractivity contribution >= 4 is 0 Å². The van der Waals surface area contributed by atoms with Crippen LogP contribution in [0, 0.1) is 6.92 Å². The van der Waals surface area contributed by atoms with Crippen LogP contribution in [0.5, 0.6) is 0 Å². The van der Waals surface area contributed by atoms with Gasteiger partial charge in [-0.15, -0.1) is 0 Å². The monoisotopic (exact) mass is 133 g/mol. The Balaban J connectivity index is 2.75. The average Bonchev–Trinajstić information content (AvgIpc) is 1.80. The van der Waals surface area contributed by atoms with Gasteiger partial charge in [-0.25, -0.2) is 0 Å². The van der Waals surface area contributed by atoms with E-state index in [1.807, 2.05) is 0 Å². The first-order valence-electron chi connectivity index (χ1n) is 3.01. The summed E-state index contributed by atoms with van der Waals surface area (Å²) in [5.74, 6) is 0. The second kappa shape index (κ2) is 6.01. The van der Waals surface area contributed by atoms with Crippen molar-refractivity contribution in [1.82, 2.24) is 0 Å². The van der Waals surface area contributed by atoms with Crippen LogP contribution in [0.2, 0.25) is 0 Å². The average molecular weight is 133 g/mol. The molecule has 0 aliphatic heterocycles. The lowest BCUT2D eigenvalue weighted by Gasteiger charge is -2.04. The molecule has 3 nitrogen and oxygen atoms in total. The summed E-state index contributed by atoms with van der Waals surface area (Å²) in [4.78, 5) is 0. The highest BCUT2D eigenvalue weighted by Crippen LogP contribution is 1.90. The Morgan fingerprint density at radius 2 is 2.11 bits per heavy atom. The predicted octanol–water partition coefficient (Wildman–Crippen LogP) is -0.0720. The molecule has 0 heterocycles. The van der Waals surface area contributed by atoms with Crippen LogP contribution >= 0.6 is 0 Å². The molecular formula is C6H13O3. The number of hydrogen-bond acceptors (Lipinski definition) is 3. The number of ether oxygens (including phenoxy) is 1. The summed E-state index contributed by atoms with van der Waals surface area (Å²) in [6.07, 6.45) is 0.555. The van der Waals surface area contributed by atoms with Crippen molar-refractivity contribution in [3.63, 3.8) is 0 Å². The summed E-state index contributed by atoms with van der Waals surface area (Å²) < 4.78 is 4.68. The van der Waals surface area contributed by atoms with E-state index in [-0.39, 0.29) is 6.61 Å². The van der Waals surface area contributed by atoms with Gasteiger partial charge in [0.05, 0.1) is 0 Å². The number of rotatable bonds is 5. The van der Waals surface area contributed by atoms with Gasteiger partial charge in [-0.1, -0.05) is 0 Å². The van der Waals surface area contributed by atoms with E-state index in [4.69, 9.17) is 10.2 Å². The molecule has 55 valence electrons. The molecule has 0 aromatic heterocycles. The zero-order valence-corrected chi connectivity index (χ0v) is 5.42. The summed E-state index contributed by atoms with van der Waals surface area (Å²) in [6.45, 7) is 3.85. The van der Waals surface area contributed by atoms with Gasteiger partial charge in [0.15, 0.2) is 6.29 Å². The third kappa shape index (κ3) is 7.88. The number of aliphatic hydroxyl groups excluding tert-OH is 2. The Morgan fingerprint density at radius 1 is 1.44 bits per heavy atom. The van der Waals surface area contributed by atoms with Gasteiger partial charge in [0.25, 0.3) is 0 Å². The Hall–Kier alpha value is -0.120. The first kappa shape index (κ1) is 8.88. The molecule has 0 aliphatic rings. The van der Waals surface area contributed by atoms with Crippen molar-refractivity contribution in [2.24, 2.45) is 0 Å². The molecule has 2 N–H and O–H groups in total. The fraction of sp³-hybridized carbons (Fsp3) is 0.833. The normalized spacial score (nSPS) is 13.7. The van der Waals surface area contributed by atoms with Gasteiger partial charge in [-0.05, 0) is 12.8 Å². The van der Waals surface area contributed by atoms with E-state index in [9.17, 15) is 0 Å². The first-order valence-corrected chi connectivity index (χ1v) is 3.01. The van der Waals surface area contributed by atoms with Gasteiger partial charge < -0.3 is 14.9 Å². The van der Waals surface area contributed by atoms with Crippen molar-refractivity contribution in [2.75, 3.05) is 13.2 Å². The van der Waals surface area contributed by atoms with Crippen molar-refractivity contribution in [3.8, 4) is 0 Å². The SMILES string of the molecule is [CH2]C(O)OCCCCO. The molecule has 0 spiro atoms. The van der Waals surface area contributed by atoms with E-state index in [0.717, 1.165) is 6.42 Å². The molecular weight excluding hydrogens is 120 g/mol. The molecule has 0 rings (SSSR count). The lowest BCUT2D eigenvalue weighted by Crippen LogP contribution is -2.07. The molecule has 0 aromatic rings. The molecule has 0 amide bonds. The molecule has 1 radical (unpaired) electrons. The lowest BCUT2D eigenvalue weighted by molar-refractivity contribution is -0.0677. The quantitative estimate of drug-likeness (QED) is 0.407. The first-order chi connectivity index (χ1) is 4.27. The highest BCUT2D eigenvalue weighted by atomic mass is 16.6. The van der Waals surface area contributed by atoms with Crippen LogP contribution in [0.4, 0.5) is 0 Å². The van der Waals surface area contributed by atoms with Crippen LogP contribution in [-0.2, 0) is 4.74 Å². The minimum Gasteiger partial charge on any atom is -0.396 e. The van der Waals surface area contributed by atoms with Crippen molar-refractivity contribution in [2.45, 2.75) is 19.1 Å². The summed E-state index contributed by atoms with van der Waals surface area (Å²) in [7, 11) is 0. The highest BCUT2D eigenvalue weighted by molar-refractivity contribution is 4.41. The van der Waals surface area contributed by atoms with Crippen molar-refractivity contribution < 1.29 is 14.9 Å². The van der Waals surface area contributed by atoms with Gasteiger partial charge in [0.2, 0.25) is 0 Å². The molecule has 9 heavy (non-hydrogen) atoms. The van der Waals surface area contributed by atoms with Crippen LogP contribution in [-0.4, -0.2) is 29.7 Å². The van der Waals surface area contributed by atoms with E-state index in [1.165, 1.54) is 0 Å². The van der Waals surface area contributed by atoms with Gasteiger partial charge in [0, 0.05) is 20.1 Å². The Labute approximate surface area is 55.3 Å². The highest BCUT2D eigenvalue weighted by Gasteiger charge is 1.92. The lowest BCUT2D eigenvalue weighted by atomic mass is 10.3. The summed E-state index contributed by atoms with van der Waals surface area (Å²) >= 11 is 0. The van der Waals surface area contributed by atoms with Crippen molar-refractivity contribution in [3.05, 3.63) is 6.92 Å². The molecule has 0 saturated heterocycles. The maximum atomic E-state index is 8.46. The molecule has 0 aromatic carbocycles. The Morgan fingerprint density at radius 3 is 2.56 bits per heavy atom. The maximum Gasteiger partial charge on any atom is 0.154 e. The molecule has 0 fully saturated rings. The molecule has 0 saturated carbocycles. The Bertz CT molecular complexity index is 54.3. The van der Waals surface area contributed by atoms with Crippen LogP contribution in [0.15, 0.2) is 0 Å². The zero-order valence-electron chi connectivity index (χ0n) is 5.42. The molecule has 1 atom stereocenters. The topological polar surface area (TPSA) is 49.7 Å². The Kier molecular flexibility index (Phi) is 5.93. The summed E-state index contributed by atoms with van der Waals surface area (Å²) in [5.41, 5.74) is 0. The van der Waals surface area contributed by atoms with Crippen LogP contribution < -0.4 is 0 Å². The minimum atomic E-state index is -0.927. The number of aliphatic hydroxyl groups is 2.